The van der Waals surface area contributed by atoms with Crippen molar-refractivity contribution in [3.8, 4) is 0 Å². The Morgan fingerprint density at radius 2 is 2.20 bits per heavy atom. The molecule has 11 heteroatoms. The van der Waals surface area contributed by atoms with Crippen LogP contribution < -0.4 is 5.32 Å². The molecule has 1 saturated heterocycles. The number of hydrogen-bond acceptors (Lipinski definition) is 6. The van der Waals surface area contributed by atoms with Gasteiger partial charge in [0.2, 0.25) is 0 Å². The number of nitrogens with one attached hydrogen (secondary N) is 1. The highest BCUT2D eigenvalue weighted by Gasteiger charge is 2.40. The van der Waals surface area contributed by atoms with E-state index in [2.05, 4.69) is 9.84 Å². The summed E-state index contributed by atoms with van der Waals surface area (Å²) in [6.45, 7) is -0.496. The zero-order valence-corrected chi connectivity index (χ0v) is 11.1. The summed E-state index contributed by atoms with van der Waals surface area (Å²) in [7, 11) is -4.65. The molecule has 0 bridgehead atoms. The first kappa shape index (κ1) is 15.4. The second-order valence-electron chi connectivity index (χ2n) is 4.36. The lowest BCUT2D eigenvalue weighted by molar-refractivity contribution is -0.0547. The zero-order valence-electron chi connectivity index (χ0n) is 10.2. The van der Waals surface area contributed by atoms with Crippen LogP contribution in [0.5, 0.6) is 0 Å². The third-order valence-corrected chi connectivity index (χ3v) is 3.34. The van der Waals surface area contributed by atoms with Crippen LogP contribution in [0.15, 0.2) is 12.3 Å². The number of nitrogens with zero attached hydrogens (tertiary/aromatic N) is 1. The van der Waals surface area contributed by atoms with Crippen LogP contribution in [-0.2, 0) is 13.8 Å². The quantitative estimate of drug-likeness (QED) is 0.391. The first-order chi connectivity index (χ1) is 9.26. The van der Waals surface area contributed by atoms with Crippen molar-refractivity contribution in [1.29, 1.82) is 0 Å². The second-order valence-corrected chi connectivity index (χ2v) is 5.60. The van der Waals surface area contributed by atoms with Gasteiger partial charge in [-0.15, -0.1) is 0 Å². The number of ether oxygens (including phenoxy) is 1. The smallest absolute Gasteiger partial charge is 0.390 e. The highest BCUT2D eigenvalue weighted by Crippen LogP contribution is 2.37. The molecule has 0 spiro atoms. The van der Waals surface area contributed by atoms with Gasteiger partial charge in [-0.05, 0) is 6.08 Å². The molecular weight excluding hydrogens is 295 g/mol. The summed E-state index contributed by atoms with van der Waals surface area (Å²) in [6.07, 6.45) is -1.19. The molecule has 0 saturated carbocycles. The zero-order chi connectivity index (χ0) is 14.9. The molecule has 0 aromatic carbocycles. The van der Waals surface area contributed by atoms with Gasteiger partial charge < -0.3 is 30.1 Å². The minimum atomic E-state index is -4.65. The molecular formula is C9H15N2O8P. The highest BCUT2D eigenvalue weighted by molar-refractivity contribution is 7.46. The monoisotopic (exact) mass is 310 g/mol. The number of urea groups is 1. The van der Waals surface area contributed by atoms with Crippen LogP contribution in [0.3, 0.4) is 0 Å². The molecule has 0 aromatic rings. The Kier molecular flexibility index (Phi) is 4.45. The number of carbonyl (C=O) groups excluding carboxylic acids is 1. The fourth-order valence-electron chi connectivity index (χ4n) is 1.92. The van der Waals surface area contributed by atoms with Gasteiger partial charge >= 0.3 is 13.9 Å². The minimum Gasteiger partial charge on any atom is -0.390 e. The van der Waals surface area contributed by atoms with Crippen molar-refractivity contribution < 1.29 is 38.6 Å². The fourth-order valence-corrected chi connectivity index (χ4v) is 2.27. The van der Waals surface area contributed by atoms with Crippen LogP contribution in [0.25, 0.3) is 0 Å². The third-order valence-electron chi connectivity index (χ3n) is 2.86. The van der Waals surface area contributed by atoms with E-state index in [0.717, 1.165) is 4.90 Å². The summed E-state index contributed by atoms with van der Waals surface area (Å²) in [5.74, 6) is 0. The topological polar surface area (TPSA) is 149 Å². The van der Waals surface area contributed by atoms with E-state index in [1.54, 1.807) is 0 Å². The maximum atomic E-state index is 11.6. The Bertz CT molecular complexity index is 451. The van der Waals surface area contributed by atoms with E-state index in [0.29, 0.717) is 0 Å². The van der Waals surface area contributed by atoms with Crippen molar-refractivity contribution in [2.24, 2.45) is 0 Å². The largest absolute Gasteiger partial charge is 0.469 e. The maximum absolute atomic E-state index is 11.6. The summed E-state index contributed by atoms with van der Waals surface area (Å²) in [5.41, 5.74) is 0. The SMILES string of the molecule is O=C1N[C@@H](O)C=CN1[C@H]1C[C@@H](O)[C@H](COP(=O)(O)O)O1. The van der Waals surface area contributed by atoms with Gasteiger partial charge in [-0.1, -0.05) is 0 Å². The summed E-state index contributed by atoms with van der Waals surface area (Å²) < 4.78 is 20.2. The normalized spacial score (nSPS) is 34.4. The van der Waals surface area contributed by atoms with Gasteiger partial charge in [-0.3, -0.25) is 9.42 Å². The molecule has 10 nitrogen and oxygen atoms in total. The van der Waals surface area contributed by atoms with Gasteiger partial charge in [-0.25, -0.2) is 9.36 Å². The highest BCUT2D eigenvalue weighted by atomic mass is 31.2. The van der Waals surface area contributed by atoms with Gasteiger partial charge in [0.05, 0.1) is 12.7 Å². The molecule has 114 valence electrons. The Morgan fingerprint density at radius 3 is 2.80 bits per heavy atom. The van der Waals surface area contributed by atoms with Crippen LogP contribution in [0, 0.1) is 0 Å². The number of aliphatic hydroxyl groups excluding tert-OH is 2. The molecule has 0 radical (unpaired) electrons. The average Bonchev–Trinajstić information content (AvgIpc) is 2.67. The molecule has 2 aliphatic rings. The van der Waals surface area contributed by atoms with Crippen molar-refractivity contribution >= 4 is 13.9 Å². The number of rotatable bonds is 4. The standard InChI is InChI=1S/C9H15N2O8P/c12-5-3-8(11-2-1-7(13)10-9(11)14)19-6(5)4-18-20(15,16)17/h1-2,5-8,12-13H,3-4H2,(H,10,14)(H2,15,16,17)/t5-,6+,7+,8-/m1/s1. The van der Waals surface area contributed by atoms with Crippen LogP contribution in [0.2, 0.25) is 0 Å². The molecule has 0 aromatic heterocycles. The molecule has 2 heterocycles. The van der Waals surface area contributed by atoms with Crippen LogP contribution in [0.1, 0.15) is 6.42 Å². The molecule has 0 unspecified atom stereocenters. The predicted molar refractivity (Wildman–Crippen MR) is 62.8 cm³/mol. The molecule has 2 rings (SSSR count). The van der Waals surface area contributed by atoms with E-state index < -0.39 is 45.1 Å². The van der Waals surface area contributed by atoms with E-state index in [1.807, 2.05) is 0 Å². The van der Waals surface area contributed by atoms with E-state index in [4.69, 9.17) is 14.5 Å². The Balaban J connectivity index is 1.95. The van der Waals surface area contributed by atoms with Crippen molar-refractivity contribution in [3.63, 3.8) is 0 Å². The molecule has 5 N–H and O–H groups in total. The first-order valence-corrected chi connectivity index (χ1v) is 7.28. The molecule has 20 heavy (non-hydrogen) atoms. The Morgan fingerprint density at radius 1 is 1.50 bits per heavy atom. The summed E-state index contributed by atoms with van der Waals surface area (Å²) >= 11 is 0. The predicted octanol–water partition coefficient (Wildman–Crippen LogP) is -1.57. The van der Waals surface area contributed by atoms with Gasteiger partial charge in [0, 0.05) is 12.6 Å². The number of amides is 2. The van der Waals surface area contributed by atoms with Crippen molar-refractivity contribution in [2.75, 3.05) is 6.61 Å². The second kappa shape index (κ2) is 5.78. The van der Waals surface area contributed by atoms with Gasteiger partial charge in [-0.2, -0.15) is 0 Å². The lowest BCUT2D eigenvalue weighted by atomic mass is 10.2. The molecule has 0 aliphatic carbocycles. The van der Waals surface area contributed by atoms with Crippen molar-refractivity contribution in [2.45, 2.75) is 31.1 Å². The third kappa shape index (κ3) is 3.76. The Labute approximate surface area is 113 Å². The number of hydrogen-bond donors (Lipinski definition) is 5. The number of carbonyl (C=O) groups is 1. The van der Waals surface area contributed by atoms with Crippen molar-refractivity contribution in [1.82, 2.24) is 10.2 Å². The minimum absolute atomic E-state index is 0.0586. The maximum Gasteiger partial charge on any atom is 0.469 e. The van der Waals surface area contributed by atoms with E-state index in [-0.39, 0.29) is 6.42 Å². The fraction of sp³-hybridized carbons (Fsp3) is 0.667. The van der Waals surface area contributed by atoms with E-state index >= 15 is 0 Å². The van der Waals surface area contributed by atoms with E-state index in [9.17, 15) is 19.6 Å². The van der Waals surface area contributed by atoms with Gasteiger partial charge in [0.15, 0.2) is 0 Å². The van der Waals surface area contributed by atoms with Crippen molar-refractivity contribution in [3.05, 3.63) is 12.3 Å². The van der Waals surface area contributed by atoms with Gasteiger partial charge in [0.25, 0.3) is 0 Å². The summed E-state index contributed by atoms with van der Waals surface area (Å²) in [6, 6.07) is -0.603. The number of phosphoric ester groups is 1. The van der Waals surface area contributed by atoms with Crippen LogP contribution in [-0.4, -0.2) is 62.2 Å². The number of aliphatic hydroxyl groups is 2. The van der Waals surface area contributed by atoms with Crippen LogP contribution in [0.4, 0.5) is 4.79 Å². The average molecular weight is 310 g/mol. The molecule has 4 atom stereocenters. The molecule has 2 amide bonds. The van der Waals surface area contributed by atoms with Gasteiger partial charge in [0.1, 0.15) is 18.6 Å². The van der Waals surface area contributed by atoms with E-state index in [1.165, 1.54) is 12.3 Å². The summed E-state index contributed by atoms with van der Waals surface area (Å²) in [4.78, 5) is 29.9. The molecule has 2 aliphatic heterocycles. The summed E-state index contributed by atoms with van der Waals surface area (Å²) in [5, 5.41) is 21.1. The lowest BCUT2D eigenvalue weighted by Crippen LogP contribution is -2.49. The number of phosphoric acid groups is 1. The van der Waals surface area contributed by atoms with Crippen LogP contribution >= 0.6 is 7.82 Å². The first-order valence-electron chi connectivity index (χ1n) is 5.75. The lowest BCUT2D eigenvalue weighted by Gasteiger charge is -2.29. The Hall–Kier alpha value is -1.00. The molecule has 1 fully saturated rings.